The van der Waals surface area contributed by atoms with Crippen molar-refractivity contribution < 1.29 is 14.4 Å². The summed E-state index contributed by atoms with van der Waals surface area (Å²) in [4.78, 5) is 15.2. The summed E-state index contributed by atoms with van der Waals surface area (Å²) in [6.45, 7) is 8.00. The highest BCUT2D eigenvalue weighted by Gasteiger charge is 2.25. The Hall–Kier alpha value is -2.02. The monoisotopic (exact) mass is 309 g/mol. The van der Waals surface area contributed by atoms with Crippen molar-refractivity contribution in [1.29, 1.82) is 0 Å². The number of methoxy groups -OCH3 is 2. The standard InChI is InChI=1S/C15H23N3O4/c1-11(2)16-5-7-17(8-6-16)12-9-15(22-4)13(18(19)20)10-14(12)21-3/h9-11H,5-8H2,1-4H3. The van der Waals surface area contributed by atoms with Crippen LogP contribution in [0.3, 0.4) is 0 Å². The predicted octanol–water partition coefficient (Wildman–Crippen LogP) is 2.14. The van der Waals surface area contributed by atoms with Crippen LogP contribution in [0.25, 0.3) is 0 Å². The third-order valence-electron chi connectivity index (χ3n) is 4.06. The molecule has 0 amide bonds. The molecule has 1 aliphatic rings. The summed E-state index contributed by atoms with van der Waals surface area (Å²) in [5.41, 5.74) is 0.761. The summed E-state index contributed by atoms with van der Waals surface area (Å²) in [7, 11) is 2.97. The largest absolute Gasteiger partial charge is 0.494 e. The van der Waals surface area contributed by atoms with Gasteiger partial charge in [-0.05, 0) is 13.8 Å². The van der Waals surface area contributed by atoms with Gasteiger partial charge in [-0.1, -0.05) is 0 Å². The Labute approximate surface area is 130 Å². The Morgan fingerprint density at radius 2 is 1.68 bits per heavy atom. The number of nitro groups is 1. The molecule has 1 aromatic carbocycles. The molecular formula is C15H23N3O4. The first-order chi connectivity index (χ1) is 10.5. The van der Waals surface area contributed by atoms with Crippen LogP contribution < -0.4 is 14.4 Å². The number of anilines is 1. The third kappa shape index (κ3) is 3.24. The second kappa shape index (κ2) is 6.83. The number of rotatable bonds is 5. The maximum Gasteiger partial charge on any atom is 0.314 e. The lowest BCUT2D eigenvalue weighted by Crippen LogP contribution is -2.49. The smallest absolute Gasteiger partial charge is 0.314 e. The summed E-state index contributed by atoms with van der Waals surface area (Å²) in [6.07, 6.45) is 0. The fraction of sp³-hybridized carbons (Fsp3) is 0.600. The number of benzene rings is 1. The maximum absolute atomic E-state index is 11.1. The van der Waals surface area contributed by atoms with Gasteiger partial charge in [-0.2, -0.15) is 0 Å². The summed E-state index contributed by atoms with van der Waals surface area (Å²) >= 11 is 0. The van der Waals surface area contributed by atoms with Gasteiger partial charge in [-0.25, -0.2) is 0 Å². The van der Waals surface area contributed by atoms with E-state index in [0.717, 1.165) is 31.9 Å². The second-order valence-corrected chi connectivity index (χ2v) is 5.57. The van der Waals surface area contributed by atoms with Crippen LogP contribution in [0.2, 0.25) is 0 Å². The number of piperazine rings is 1. The van der Waals surface area contributed by atoms with Crippen molar-refractivity contribution in [3.05, 3.63) is 22.2 Å². The van der Waals surface area contributed by atoms with E-state index in [1.165, 1.54) is 20.3 Å². The van der Waals surface area contributed by atoms with Gasteiger partial charge in [-0.3, -0.25) is 15.0 Å². The number of hydrogen-bond acceptors (Lipinski definition) is 6. The zero-order chi connectivity index (χ0) is 16.3. The molecule has 0 unspecified atom stereocenters. The van der Waals surface area contributed by atoms with Crippen LogP contribution in [0.15, 0.2) is 12.1 Å². The molecule has 0 radical (unpaired) electrons. The molecule has 0 bridgehead atoms. The Kier molecular flexibility index (Phi) is 5.07. The fourth-order valence-corrected chi connectivity index (χ4v) is 2.73. The van der Waals surface area contributed by atoms with Crippen LogP contribution in [-0.4, -0.2) is 56.3 Å². The van der Waals surface area contributed by atoms with Crippen molar-refractivity contribution >= 4 is 11.4 Å². The van der Waals surface area contributed by atoms with Crippen molar-refractivity contribution in [2.45, 2.75) is 19.9 Å². The number of nitrogens with zero attached hydrogens (tertiary/aromatic N) is 3. The Bertz CT molecular complexity index is 540. The summed E-state index contributed by atoms with van der Waals surface area (Å²) in [6, 6.07) is 3.65. The molecule has 0 aliphatic carbocycles. The van der Waals surface area contributed by atoms with Crippen LogP contribution in [0.1, 0.15) is 13.8 Å². The van der Waals surface area contributed by atoms with E-state index < -0.39 is 4.92 Å². The van der Waals surface area contributed by atoms with E-state index >= 15 is 0 Å². The highest BCUT2D eigenvalue weighted by Crippen LogP contribution is 2.39. The fourth-order valence-electron chi connectivity index (χ4n) is 2.73. The Morgan fingerprint density at radius 1 is 1.09 bits per heavy atom. The number of nitro benzene ring substituents is 1. The second-order valence-electron chi connectivity index (χ2n) is 5.57. The van der Waals surface area contributed by atoms with Crippen molar-refractivity contribution in [2.24, 2.45) is 0 Å². The first-order valence-electron chi connectivity index (χ1n) is 7.37. The van der Waals surface area contributed by atoms with Gasteiger partial charge in [0.05, 0.1) is 30.9 Å². The van der Waals surface area contributed by atoms with E-state index in [1.54, 1.807) is 6.07 Å². The summed E-state index contributed by atoms with van der Waals surface area (Å²) < 4.78 is 10.5. The van der Waals surface area contributed by atoms with Crippen LogP contribution in [0.4, 0.5) is 11.4 Å². The molecule has 0 saturated carbocycles. The molecule has 1 fully saturated rings. The maximum atomic E-state index is 11.1. The van der Waals surface area contributed by atoms with Crippen LogP contribution in [0.5, 0.6) is 11.5 Å². The van der Waals surface area contributed by atoms with Gasteiger partial charge in [0, 0.05) is 38.3 Å². The normalized spacial score (nSPS) is 16.0. The molecule has 1 heterocycles. The van der Waals surface area contributed by atoms with E-state index in [2.05, 4.69) is 23.6 Å². The van der Waals surface area contributed by atoms with Crippen LogP contribution >= 0.6 is 0 Å². The number of hydrogen-bond donors (Lipinski definition) is 0. The Morgan fingerprint density at radius 3 is 2.14 bits per heavy atom. The minimum Gasteiger partial charge on any atom is -0.494 e. The van der Waals surface area contributed by atoms with Gasteiger partial charge in [0.2, 0.25) is 0 Å². The van der Waals surface area contributed by atoms with E-state index in [4.69, 9.17) is 9.47 Å². The van der Waals surface area contributed by atoms with Gasteiger partial charge >= 0.3 is 5.69 Å². The van der Waals surface area contributed by atoms with E-state index in [9.17, 15) is 10.1 Å². The highest BCUT2D eigenvalue weighted by atomic mass is 16.6. The predicted molar refractivity (Wildman–Crippen MR) is 85.1 cm³/mol. The molecule has 7 heteroatoms. The molecule has 1 aromatic rings. The molecule has 22 heavy (non-hydrogen) atoms. The van der Waals surface area contributed by atoms with Crippen molar-refractivity contribution in [3.8, 4) is 11.5 Å². The topological polar surface area (TPSA) is 68.1 Å². The lowest BCUT2D eigenvalue weighted by atomic mass is 10.2. The van der Waals surface area contributed by atoms with Crippen molar-refractivity contribution in [2.75, 3.05) is 45.3 Å². The Balaban J connectivity index is 2.29. The summed E-state index contributed by atoms with van der Waals surface area (Å²) in [5.74, 6) is 0.762. The zero-order valence-electron chi connectivity index (χ0n) is 13.5. The lowest BCUT2D eigenvalue weighted by Gasteiger charge is -2.38. The molecule has 1 aliphatic heterocycles. The quantitative estimate of drug-likeness (QED) is 0.613. The van der Waals surface area contributed by atoms with E-state index in [1.807, 2.05) is 0 Å². The molecular weight excluding hydrogens is 286 g/mol. The first kappa shape index (κ1) is 16.4. The van der Waals surface area contributed by atoms with E-state index in [-0.39, 0.29) is 11.4 Å². The van der Waals surface area contributed by atoms with E-state index in [0.29, 0.717) is 11.8 Å². The molecule has 122 valence electrons. The molecule has 7 nitrogen and oxygen atoms in total. The molecule has 0 atom stereocenters. The van der Waals surface area contributed by atoms with Crippen molar-refractivity contribution in [1.82, 2.24) is 4.90 Å². The molecule has 1 saturated heterocycles. The minimum atomic E-state index is -0.457. The molecule has 0 aromatic heterocycles. The van der Waals surface area contributed by atoms with Gasteiger partial charge in [0.15, 0.2) is 5.75 Å². The molecule has 2 rings (SSSR count). The van der Waals surface area contributed by atoms with Gasteiger partial charge < -0.3 is 14.4 Å². The van der Waals surface area contributed by atoms with Crippen LogP contribution in [-0.2, 0) is 0 Å². The van der Waals surface area contributed by atoms with Crippen molar-refractivity contribution in [3.63, 3.8) is 0 Å². The zero-order valence-corrected chi connectivity index (χ0v) is 13.5. The average molecular weight is 309 g/mol. The van der Waals surface area contributed by atoms with Gasteiger partial charge in [0.1, 0.15) is 5.75 Å². The first-order valence-corrected chi connectivity index (χ1v) is 7.37. The van der Waals surface area contributed by atoms with Gasteiger partial charge in [0.25, 0.3) is 0 Å². The molecule has 0 N–H and O–H groups in total. The van der Waals surface area contributed by atoms with Gasteiger partial charge in [-0.15, -0.1) is 0 Å². The minimum absolute atomic E-state index is 0.0797. The highest BCUT2D eigenvalue weighted by molar-refractivity contribution is 5.68. The SMILES string of the molecule is COc1cc([N+](=O)[O-])c(OC)cc1N1CCN(C(C)C)CC1. The third-order valence-corrected chi connectivity index (χ3v) is 4.06. The average Bonchev–Trinajstić information content (AvgIpc) is 2.53. The number of ether oxygens (including phenoxy) is 2. The lowest BCUT2D eigenvalue weighted by molar-refractivity contribution is -0.385. The van der Waals surface area contributed by atoms with Crippen LogP contribution in [0, 0.1) is 10.1 Å². The molecule has 0 spiro atoms. The summed E-state index contributed by atoms with van der Waals surface area (Å²) in [5, 5.41) is 11.1.